The van der Waals surface area contributed by atoms with Crippen LogP contribution in [0.25, 0.3) is 55.7 Å². The molecule has 6 heterocycles. The van der Waals surface area contributed by atoms with Gasteiger partial charge in [0.05, 0.1) is 47.5 Å². The Hall–Kier alpha value is -7.98. The fourth-order valence-electron chi connectivity index (χ4n) is 6.21. The number of fused-ring (bicyclic) bond motifs is 2. The molecule has 0 N–H and O–H groups in total. The molecule has 0 aliphatic carbocycles. The highest BCUT2D eigenvalue weighted by Gasteiger charge is 2.08. The summed E-state index contributed by atoms with van der Waals surface area (Å²) in [6.07, 6.45) is 19.8. The van der Waals surface area contributed by atoms with Crippen LogP contribution in [0.5, 0.6) is 0 Å². The number of terminal acetylenes is 1. The molecule has 0 bridgehead atoms. The number of para-hydroxylation sites is 2. The molecule has 0 saturated heterocycles. The minimum atomic E-state index is 0.766. The summed E-state index contributed by atoms with van der Waals surface area (Å²) in [6, 6.07) is 47.9. The third kappa shape index (κ3) is 9.36. The second kappa shape index (κ2) is 18.3. The Labute approximate surface area is 350 Å². The molecule has 8 nitrogen and oxygen atoms in total. The smallest absolute Gasteiger partial charge is 0.114 e. The maximum Gasteiger partial charge on any atom is 0.114 e. The maximum atomic E-state index is 5.36. The molecule has 0 spiro atoms. The number of imidazole rings is 2. The van der Waals surface area contributed by atoms with Gasteiger partial charge in [-0.1, -0.05) is 60.4 Å². The lowest BCUT2D eigenvalue weighted by Gasteiger charge is -2.08. The maximum absolute atomic E-state index is 5.36. The van der Waals surface area contributed by atoms with Gasteiger partial charge in [0.2, 0.25) is 0 Å². The van der Waals surface area contributed by atoms with Crippen LogP contribution in [-0.2, 0) is 0 Å². The molecule has 0 saturated carbocycles. The molecule has 10 aromatic rings. The molecule has 0 radical (unpaired) electrons. The zero-order chi connectivity index (χ0) is 40.2. The van der Waals surface area contributed by atoms with E-state index in [4.69, 9.17) is 6.42 Å². The molecular formula is C50H33BrN8. The molecule has 59 heavy (non-hydrogen) atoms. The summed E-state index contributed by atoms with van der Waals surface area (Å²) < 4.78 is 4.96. The number of hydrogen-bond acceptors (Lipinski definition) is 6. The second-order valence-corrected chi connectivity index (χ2v) is 13.8. The zero-order valence-electron chi connectivity index (χ0n) is 31.5. The summed E-state index contributed by atoms with van der Waals surface area (Å²) >= 11 is 3.32. The number of aromatic nitrogens is 8. The van der Waals surface area contributed by atoms with Crippen molar-refractivity contribution in [3.8, 4) is 58.1 Å². The van der Waals surface area contributed by atoms with Crippen LogP contribution in [0.3, 0.4) is 0 Å². The first kappa shape index (κ1) is 37.9. The van der Waals surface area contributed by atoms with Crippen LogP contribution in [0.2, 0.25) is 0 Å². The van der Waals surface area contributed by atoms with Crippen LogP contribution in [-0.4, -0.2) is 39.0 Å². The van der Waals surface area contributed by atoms with Crippen molar-refractivity contribution < 1.29 is 0 Å². The fourth-order valence-corrected chi connectivity index (χ4v) is 6.53. The van der Waals surface area contributed by atoms with Crippen LogP contribution < -0.4 is 0 Å². The first-order chi connectivity index (χ1) is 29.1. The highest BCUT2D eigenvalue weighted by Crippen LogP contribution is 2.24. The van der Waals surface area contributed by atoms with Gasteiger partial charge in [-0.05, 0) is 119 Å². The van der Waals surface area contributed by atoms with Crippen LogP contribution >= 0.6 is 15.9 Å². The quantitative estimate of drug-likeness (QED) is 0.130. The number of halogens is 1. The average Bonchev–Trinajstić information content (AvgIpc) is 4.01. The van der Waals surface area contributed by atoms with Gasteiger partial charge in [0.1, 0.15) is 10.3 Å². The Morgan fingerprint density at radius 3 is 1.49 bits per heavy atom. The Bertz CT molecular complexity index is 3070. The van der Waals surface area contributed by atoms with Crippen LogP contribution in [0.4, 0.5) is 0 Å². The van der Waals surface area contributed by atoms with E-state index in [0.29, 0.717) is 0 Å². The molecule has 0 amide bonds. The van der Waals surface area contributed by atoms with Gasteiger partial charge >= 0.3 is 0 Å². The van der Waals surface area contributed by atoms with Gasteiger partial charge in [0, 0.05) is 69.2 Å². The van der Waals surface area contributed by atoms with E-state index in [1.165, 1.54) is 5.39 Å². The van der Waals surface area contributed by atoms with E-state index in [9.17, 15) is 0 Å². The first-order valence-electron chi connectivity index (χ1n) is 18.5. The lowest BCUT2D eigenvalue weighted by atomic mass is 10.1. The zero-order valence-corrected chi connectivity index (χ0v) is 33.1. The van der Waals surface area contributed by atoms with Gasteiger partial charge in [-0.25, -0.2) is 19.9 Å². The van der Waals surface area contributed by atoms with Crippen molar-refractivity contribution in [1.82, 2.24) is 39.0 Å². The van der Waals surface area contributed by atoms with Crippen molar-refractivity contribution in [1.29, 1.82) is 0 Å². The van der Waals surface area contributed by atoms with Crippen molar-refractivity contribution in [2.45, 2.75) is 0 Å². The lowest BCUT2D eigenvalue weighted by Crippen LogP contribution is -1.95. The van der Waals surface area contributed by atoms with Crippen LogP contribution in [0.15, 0.2) is 200 Å². The van der Waals surface area contributed by atoms with Gasteiger partial charge in [-0.3, -0.25) is 19.1 Å². The molecule has 10 rings (SSSR count). The third-order valence-electron chi connectivity index (χ3n) is 9.18. The van der Waals surface area contributed by atoms with Crippen molar-refractivity contribution in [3.05, 3.63) is 217 Å². The Balaban J connectivity index is 0.000000137. The Morgan fingerprint density at radius 1 is 0.458 bits per heavy atom. The Morgan fingerprint density at radius 2 is 0.949 bits per heavy atom. The summed E-state index contributed by atoms with van der Waals surface area (Å²) in [5.41, 5.74) is 10.8. The standard InChI is InChI=1S/C25H16N4.C16H11N3.C9H6BrN/c1-2-4-24-20(3-1)8-10-22(28-24)9-5-19-6-11-23(12-7-19)29-18-27-17-25(29)21-13-15-26-16-14-21;1-2-13-3-5-15(6-4-13)19-12-18-11-16(19)14-7-9-17-10-8-14;10-9-6-5-7-3-1-2-4-8(7)11-9/h1-4,6-8,10-18H;1,3-12H;1-6H. The normalized spacial score (nSPS) is 10.3. The van der Waals surface area contributed by atoms with Gasteiger partial charge in [-0.15, -0.1) is 6.42 Å². The molecular weight excluding hydrogens is 793 g/mol. The van der Waals surface area contributed by atoms with E-state index in [-0.39, 0.29) is 0 Å². The highest BCUT2D eigenvalue weighted by molar-refractivity contribution is 9.10. The summed E-state index contributed by atoms with van der Waals surface area (Å²) in [5.74, 6) is 8.97. The van der Waals surface area contributed by atoms with E-state index < -0.39 is 0 Å². The molecule has 0 atom stereocenters. The van der Waals surface area contributed by atoms with Crippen molar-refractivity contribution in [3.63, 3.8) is 0 Å². The minimum Gasteiger partial charge on any atom is -0.299 e. The van der Waals surface area contributed by atoms with Gasteiger partial charge in [0.15, 0.2) is 0 Å². The molecule has 0 fully saturated rings. The second-order valence-electron chi connectivity index (χ2n) is 13.0. The minimum absolute atomic E-state index is 0.766. The molecule has 0 unspecified atom stereocenters. The van der Waals surface area contributed by atoms with Crippen molar-refractivity contribution >= 4 is 37.7 Å². The van der Waals surface area contributed by atoms with Crippen LogP contribution in [0, 0.1) is 24.2 Å². The topological polar surface area (TPSA) is 87.2 Å². The SMILES string of the molecule is Brc1ccc2ccccc2n1.C#Cc1ccc(-n2cncc2-c2ccncc2)cc1.C(#Cc1ccc2ccccc2n1)c1ccc(-n2cncc2-c2ccncc2)cc1. The summed E-state index contributed by atoms with van der Waals surface area (Å²) in [4.78, 5) is 25.5. The fraction of sp³-hybridized carbons (Fsp3) is 0. The van der Waals surface area contributed by atoms with Crippen LogP contribution in [0.1, 0.15) is 16.8 Å². The number of benzene rings is 4. The van der Waals surface area contributed by atoms with E-state index in [1.807, 2.05) is 151 Å². The molecule has 6 aromatic heterocycles. The van der Waals surface area contributed by atoms with E-state index in [2.05, 4.69) is 86.4 Å². The Kier molecular flexibility index (Phi) is 11.8. The monoisotopic (exact) mass is 824 g/mol. The average molecular weight is 826 g/mol. The summed E-state index contributed by atoms with van der Waals surface area (Å²) in [6.45, 7) is 0. The highest BCUT2D eigenvalue weighted by atomic mass is 79.9. The van der Waals surface area contributed by atoms with E-state index in [0.717, 1.165) is 71.7 Å². The van der Waals surface area contributed by atoms with Crippen molar-refractivity contribution in [2.24, 2.45) is 0 Å². The van der Waals surface area contributed by atoms with Gasteiger partial charge in [0.25, 0.3) is 0 Å². The molecule has 9 heteroatoms. The molecule has 4 aromatic carbocycles. The summed E-state index contributed by atoms with van der Waals surface area (Å²) in [7, 11) is 0. The van der Waals surface area contributed by atoms with E-state index >= 15 is 0 Å². The predicted molar refractivity (Wildman–Crippen MR) is 239 cm³/mol. The number of hydrogen-bond donors (Lipinski definition) is 0. The predicted octanol–water partition coefficient (Wildman–Crippen LogP) is 10.8. The number of pyridine rings is 4. The van der Waals surface area contributed by atoms with Gasteiger partial charge in [-0.2, -0.15) is 0 Å². The lowest BCUT2D eigenvalue weighted by molar-refractivity contribution is 1.06. The first-order valence-corrected chi connectivity index (χ1v) is 19.3. The summed E-state index contributed by atoms with van der Waals surface area (Å²) in [5, 5.41) is 2.29. The molecule has 0 aliphatic heterocycles. The third-order valence-corrected chi connectivity index (χ3v) is 9.63. The van der Waals surface area contributed by atoms with Gasteiger partial charge < -0.3 is 0 Å². The number of rotatable bonds is 4. The van der Waals surface area contributed by atoms with E-state index in [1.54, 1.807) is 31.1 Å². The number of nitrogens with zero attached hydrogens (tertiary/aromatic N) is 8. The molecule has 0 aliphatic rings. The van der Waals surface area contributed by atoms with Crippen molar-refractivity contribution in [2.75, 3.05) is 0 Å². The molecule has 280 valence electrons. The largest absolute Gasteiger partial charge is 0.299 e.